The third-order valence-corrected chi connectivity index (χ3v) is 2.33. The number of carboxylic acid groups (broad SMARTS) is 1. The van der Waals surface area contributed by atoms with E-state index in [1.54, 1.807) is 6.92 Å². The summed E-state index contributed by atoms with van der Waals surface area (Å²) in [6, 6.07) is 0.0382. The van der Waals surface area contributed by atoms with Gasteiger partial charge in [-0.05, 0) is 26.8 Å². The maximum atomic E-state index is 10.5. The largest absolute Gasteiger partial charge is 0.481 e. The van der Waals surface area contributed by atoms with Gasteiger partial charge in [0.25, 0.3) is 0 Å². The highest BCUT2D eigenvalue weighted by Crippen LogP contribution is 2.05. The highest BCUT2D eigenvalue weighted by molar-refractivity contribution is 5.67. The quantitative estimate of drug-likeness (QED) is 0.646. The van der Waals surface area contributed by atoms with Gasteiger partial charge in [-0.25, -0.2) is 0 Å². The summed E-state index contributed by atoms with van der Waals surface area (Å²) in [5.41, 5.74) is 0. The van der Waals surface area contributed by atoms with Crippen LogP contribution in [-0.2, 0) is 4.79 Å². The molecule has 0 aliphatic heterocycles. The Morgan fingerprint density at radius 2 is 2.00 bits per heavy atom. The van der Waals surface area contributed by atoms with Gasteiger partial charge in [0, 0.05) is 12.6 Å². The Balaban J connectivity index is 3.92. The fourth-order valence-corrected chi connectivity index (χ4v) is 1.42. The smallest absolute Gasteiger partial charge is 0.304 e. The third-order valence-electron chi connectivity index (χ3n) is 2.33. The third kappa shape index (κ3) is 5.94. The molecule has 2 N–H and O–H groups in total. The molecule has 2 atom stereocenters. The zero-order chi connectivity index (χ0) is 11.1. The van der Waals surface area contributed by atoms with Crippen LogP contribution in [0.1, 0.15) is 33.6 Å². The first-order chi connectivity index (χ1) is 6.47. The first kappa shape index (κ1) is 13.4. The van der Waals surface area contributed by atoms with Crippen molar-refractivity contribution in [3.05, 3.63) is 0 Å². The minimum absolute atomic E-state index is 0.0382. The van der Waals surface area contributed by atoms with E-state index < -0.39 is 5.97 Å². The molecule has 0 aromatic carbocycles. The lowest BCUT2D eigenvalue weighted by Crippen LogP contribution is -2.36. The molecule has 0 heterocycles. The summed E-state index contributed by atoms with van der Waals surface area (Å²) < 4.78 is 0. The predicted molar refractivity (Wildman–Crippen MR) is 55.3 cm³/mol. The summed E-state index contributed by atoms with van der Waals surface area (Å²) in [6.07, 6.45) is 0.534. The number of aliphatic hydroxyl groups excluding tert-OH is 1. The number of rotatable bonds is 7. The van der Waals surface area contributed by atoms with E-state index >= 15 is 0 Å². The number of hydrogen-bond acceptors (Lipinski definition) is 3. The Bertz CT molecular complexity index is 171. The molecule has 14 heavy (non-hydrogen) atoms. The molecule has 84 valence electrons. The average molecular weight is 203 g/mol. The van der Waals surface area contributed by atoms with Crippen LogP contribution in [0.3, 0.4) is 0 Å². The van der Waals surface area contributed by atoms with Crippen LogP contribution in [0, 0.1) is 0 Å². The van der Waals surface area contributed by atoms with Crippen LogP contribution in [0.25, 0.3) is 0 Å². The lowest BCUT2D eigenvalue weighted by atomic mass is 10.2. The minimum Gasteiger partial charge on any atom is -0.481 e. The summed E-state index contributed by atoms with van der Waals surface area (Å²) in [5, 5.41) is 17.7. The van der Waals surface area contributed by atoms with Gasteiger partial charge in [-0.3, -0.25) is 4.79 Å². The van der Waals surface area contributed by atoms with Crippen LogP contribution in [0.2, 0.25) is 0 Å². The van der Waals surface area contributed by atoms with Crippen molar-refractivity contribution in [3.8, 4) is 0 Å². The molecule has 0 bridgehead atoms. The van der Waals surface area contributed by atoms with Crippen LogP contribution in [-0.4, -0.2) is 46.3 Å². The molecule has 0 fully saturated rings. The number of carboxylic acids is 1. The van der Waals surface area contributed by atoms with Crippen molar-refractivity contribution in [2.75, 3.05) is 13.1 Å². The summed E-state index contributed by atoms with van der Waals surface area (Å²) in [5.74, 6) is -0.770. The van der Waals surface area contributed by atoms with Gasteiger partial charge in [0.2, 0.25) is 0 Å². The number of carbonyl (C=O) groups is 1. The Kier molecular flexibility index (Phi) is 6.49. The second-order valence-corrected chi connectivity index (χ2v) is 3.71. The van der Waals surface area contributed by atoms with Crippen molar-refractivity contribution in [2.45, 2.75) is 45.8 Å². The van der Waals surface area contributed by atoms with Gasteiger partial charge < -0.3 is 15.1 Å². The van der Waals surface area contributed by atoms with E-state index in [0.29, 0.717) is 6.42 Å². The van der Waals surface area contributed by atoms with Gasteiger partial charge in [-0.1, -0.05) is 6.92 Å². The molecule has 0 aliphatic rings. The molecule has 0 amide bonds. The second kappa shape index (κ2) is 6.79. The highest BCUT2D eigenvalue weighted by Gasteiger charge is 2.15. The van der Waals surface area contributed by atoms with Crippen molar-refractivity contribution in [1.29, 1.82) is 0 Å². The van der Waals surface area contributed by atoms with E-state index in [4.69, 9.17) is 10.2 Å². The lowest BCUT2D eigenvalue weighted by Gasteiger charge is -2.27. The van der Waals surface area contributed by atoms with Gasteiger partial charge in [0.1, 0.15) is 0 Å². The molecule has 0 radical (unpaired) electrons. The standard InChI is InChI=1S/C10H21NO3/c1-4-11(6-5-9(3)12)8(2)7-10(13)14/h8-9,12H,4-7H2,1-3H3,(H,13,14). The first-order valence-corrected chi connectivity index (χ1v) is 5.11. The van der Waals surface area contributed by atoms with Crippen LogP contribution in [0.4, 0.5) is 0 Å². The molecule has 4 heteroatoms. The number of nitrogens with zero attached hydrogens (tertiary/aromatic N) is 1. The van der Waals surface area contributed by atoms with Crippen molar-refractivity contribution >= 4 is 5.97 Å². The van der Waals surface area contributed by atoms with E-state index in [9.17, 15) is 4.79 Å². The number of hydrogen-bond donors (Lipinski definition) is 2. The molecule has 0 aliphatic carbocycles. The highest BCUT2D eigenvalue weighted by atomic mass is 16.4. The number of aliphatic carboxylic acids is 1. The van der Waals surface area contributed by atoms with E-state index in [-0.39, 0.29) is 18.6 Å². The molecule has 0 rings (SSSR count). The summed E-state index contributed by atoms with van der Waals surface area (Å²) in [7, 11) is 0. The van der Waals surface area contributed by atoms with Gasteiger partial charge >= 0.3 is 5.97 Å². The topological polar surface area (TPSA) is 60.8 Å². The SMILES string of the molecule is CCN(CCC(C)O)C(C)CC(=O)O. The van der Waals surface area contributed by atoms with Crippen molar-refractivity contribution in [3.63, 3.8) is 0 Å². The van der Waals surface area contributed by atoms with E-state index in [0.717, 1.165) is 13.1 Å². The van der Waals surface area contributed by atoms with Crippen LogP contribution in [0.5, 0.6) is 0 Å². The summed E-state index contributed by atoms with van der Waals surface area (Å²) in [4.78, 5) is 12.6. The Labute approximate surface area is 85.5 Å². The van der Waals surface area contributed by atoms with Crippen molar-refractivity contribution < 1.29 is 15.0 Å². The molecule has 0 saturated heterocycles. The van der Waals surface area contributed by atoms with Crippen molar-refractivity contribution in [2.24, 2.45) is 0 Å². The average Bonchev–Trinajstić information content (AvgIpc) is 2.03. The van der Waals surface area contributed by atoms with E-state index in [1.165, 1.54) is 0 Å². The molecule has 4 nitrogen and oxygen atoms in total. The minimum atomic E-state index is -0.770. The zero-order valence-corrected chi connectivity index (χ0v) is 9.23. The maximum Gasteiger partial charge on any atom is 0.304 e. The van der Waals surface area contributed by atoms with E-state index in [2.05, 4.69) is 4.90 Å². The summed E-state index contributed by atoms with van der Waals surface area (Å²) >= 11 is 0. The van der Waals surface area contributed by atoms with Crippen molar-refractivity contribution in [1.82, 2.24) is 4.90 Å². The fraction of sp³-hybridized carbons (Fsp3) is 0.900. The number of aliphatic hydroxyl groups is 1. The monoisotopic (exact) mass is 203 g/mol. The summed E-state index contributed by atoms with van der Waals surface area (Å²) in [6.45, 7) is 7.22. The molecule has 2 unspecified atom stereocenters. The zero-order valence-electron chi connectivity index (χ0n) is 9.23. The van der Waals surface area contributed by atoms with Gasteiger partial charge in [-0.15, -0.1) is 0 Å². The lowest BCUT2D eigenvalue weighted by molar-refractivity contribution is -0.138. The fourth-order valence-electron chi connectivity index (χ4n) is 1.42. The normalized spacial score (nSPS) is 15.5. The molecule has 0 aromatic rings. The molecular formula is C10H21NO3. The van der Waals surface area contributed by atoms with Crippen LogP contribution >= 0.6 is 0 Å². The second-order valence-electron chi connectivity index (χ2n) is 3.71. The Hall–Kier alpha value is -0.610. The van der Waals surface area contributed by atoms with Crippen LogP contribution in [0.15, 0.2) is 0 Å². The predicted octanol–water partition coefficient (Wildman–Crippen LogP) is 0.942. The Morgan fingerprint density at radius 1 is 1.43 bits per heavy atom. The molecule has 0 aromatic heterocycles. The molecular weight excluding hydrogens is 182 g/mol. The Morgan fingerprint density at radius 3 is 2.36 bits per heavy atom. The van der Waals surface area contributed by atoms with Gasteiger partial charge in [-0.2, -0.15) is 0 Å². The molecule has 0 saturated carbocycles. The van der Waals surface area contributed by atoms with Crippen LogP contribution < -0.4 is 0 Å². The van der Waals surface area contributed by atoms with E-state index in [1.807, 2.05) is 13.8 Å². The van der Waals surface area contributed by atoms with Gasteiger partial charge in [0.05, 0.1) is 12.5 Å². The maximum absolute atomic E-state index is 10.5. The first-order valence-electron chi connectivity index (χ1n) is 5.11. The molecule has 0 spiro atoms. The van der Waals surface area contributed by atoms with Gasteiger partial charge in [0.15, 0.2) is 0 Å².